The number of esters is 1. The number of carbonyl (C=O) groups is 3. The van der Waals surface area contributed by atoms with Crippen LogP contribution in [0.25, 0.3) is 0 Å². The van der Waals surface area contributed by atoms with E-state index in [0.717, 1.165) is 0 Å². The molecular formula is C19H27NO7. The summed E-state index contributed by atoms with van der Waals surface area (Å²) in [6.07, 6.45) is -1.19. The van der Waals surface area contributed by atoms with Crippen molar-refractivity contribution in [2.24, 2.45) is 0 Å². The summed E-state index contributed by atoms with van der Waals surface area (Å²) in [5, 5.41) is 2.67. The number of ether oxygens (including phenoxy) is 4. The van der Waals surface area contributed by atoms with Crippen LogP contribution < -0.4 is 14.8 Å². The normalized spacial score (nSPS) is 11.9. The maximum Gasteiger partial charge on any atom is 0.408 e. The zero-order valence-electron chi connectivity index (χ0n) is 16.6. The second-order valence-electron chi connectivity index (χ2n) is 6.84. The summed E-state index contributed by atoms with van der Waals surface area (Å²) in [4.78, 5) is 35.8. The quantitative estimate of drug-likeness (QED) is 0.546. The van der Waals surface area contributed by atoms with Crippen LogP contribution in [0.4, 0.5) is 4.79 Å². The number of nitrogens with one attached hydrogen (secondary N) is 1. The van der Waals surface area contributed by atoms with Gasteiger partial charge in [0.2, 0.25) is 0 Å². The summed E-state index contributed by atoms with van der Waals surface area (Å²) in [7, 11) is 4.20. The SMILES string of the molecule is COC(=O)CC(=O)CC(NC(=O)OC(C)(C)C)c1cc(OC)cc(OC)c1. The van der Waals surface area contributed by atoms with Crippen molar-refractivity contribution >= 4 is 17.8 Å². The number of Topliss-reactive ketones (excluding diaryl/α,β-unsaturated/α-hetero) is 1. The molecule has 8 heteroatoms. The first-order chi connectivity index (χ1) is 12.6. The first kappa shape index (κ1) is 22.3. The number of benzene rings is 1. The molecule has 1 N–H and O–H groups in total. The summed E-state index contributed by atoms with van der Waals surface area (Å²) in [6.45, 7) is 5.20. The third-order valence-electron chi connectivity index (χ3n) is 3.47. The van der Waals surface area contributed by atoms with Gasteiger partial charge >= 0.3 is 12.1 Å². The third kappa shape index (κ3) is 7.98. The van der Waals surface area contributed by atoms with E-state index in [9.17, 15) is 14.4 Å². The van der Waals surface area contributed by atoms with Crippen LogP contribution >= 0.6 is 0 Å². The molecule has 0 bridgehead atoms. The Balaban J connectivity index is 3.11. The molecule has 1 atom stereocenters. The molecule has 1 rings (SSSR count). The van der Waals surface area contributed by atoms with Crippen LogP contribution in [0.2, 0.25) is 0 Å². The van der Waals surface area contributed by atoms with Gasteiger partial charge in [-0.05, 0) is 38.5 Å². The van der Waals surface area contributed by atoms with Crippen molar-refractivity contribution in [1.82, 2.24) is 5.32 Å². The van der Waals surface area contributed by atoms with Crippen molar-refractivity contribution in [3.8, 4) is 11.5 Å². The molecular weight excluding hydrogens is 354 g/mol. The lowest BCUT2D eigenvalue weighted by molar-refractivity contribution is -0.143. The van der Waals surface area contributed by atoms with Gasteiger partial charge in [-0.25, -0.2) is 4.79 Å². The molecule has 0 aliphatic heterocycles. The molecule has 1 unspecified atom stereocenters. The number of alkyl carbamates (subject to hydrolysis) is 1. The maximum absolute atomic E-state index is 12.2. The Hall–Kier alpha value is -2.77. The lowest BCUT2D eigenvalue weighted by Gasteiger charge is -2.24. The molecule has 0 aromatic heterocycles. The molecule has 150 valence electrons. The molecule has 8 nitrogen and oxygen atoms in total. The Labute approximate surface area is 159 Å². The van der Waals surface area contributed by atoms with Crippen LogP contribution in [-0.2, 0) is 19.1 Å². The van der Waals surface area contributed by atoms with Crippen LogP contribution in [0.3, 0.4) is 0 Å². The van der Waals surface area contributed by atoms with Gasteiger partial charge in [0.1, 0.15) is 29.3 Å². The lowest BCUT2D eigenvalue weighted by atomic mass is 9.99. The number of rotatable bonds is 8. The van der Waals surface area contributed by atoms with E-state index in [2.05, 4.69) is 10.1 Å². The van der Waals surface area contributed by atoms with E-state index in [4.69, 9.17) is 14.2 Å². The Bertz CT molecular complexity index is 657. The molecule has 0 fully saturated rings. The van der Waals surface area contributed by atoms with Crippen LogP contribution in [0.1, 0.15) is 45.2 Å². The van der Waals surface area contributed by atoms with Gasteiger partial charge in [0.25, 0.3) is 0 Å². The fourth-order valence-electron chi connectivity index (χ4n) is 2.27. The van der Waals surface area contributed by atoms with Gasteiger partial charge < -0.3 is 24.3 Å². The van der Waals surface area contributed by atoms with E-state index in [-0.39, 0.29) is 18.6 Å². The lowest BCUT2D eigenvalue weighted by Crippen LogP contribution is -2.36. The Morgan fingerprint density at radius 1 is 1.00 bits per heavy atom. The first-order valence-corrected chi connectivity index (χ1v) is 8.39. The van der Waals surface area contributed by atoms with Crippen LogP contribution in [0, 0.1) is 0 Å². The molecule has 27 heavy (non-hydrogen) atoms. The largest absolute Gasteiger partial charge is 0.497 e. The minimum atomic E-state index is -0.735. The van der Waals surface area contributed by atoms with Crippen LogP contribution in [0.5, 0.6) is 11.5 Å². The summed E-state index contributed by atoms with van der Waals surface area (Å²) in [5.41, 5.74) is -0.119. The number of hydrogen-bond donors (Lipinski definition) is 1. The molecule has 0 saturated heterocycles. The molecule has 1 amide bonds. The van der Waals surface area contributed by atoms with Gasteiger partial charge in [0, 0.05) is 12.5 Å². The standard InChI is InChI=1S/C19H27NO7/c1-19(2,3)27-18(23)20-16(9-13(21)10-17(22)26-6)12-7-14(24-4)11-15(8-12)25-5/h7-8,11,16H,9-10H2,1-6H3,(H,20,23). The van der Waals surface area contributed by atoms with E-state index in [1.54, 1.807) is 39.0 Å². The summed E-state index contributed by atoms with van der Waals surface area (Å²) in [5.74, 6) is -0.0227. The highest BCUT2D eigenvalue weighted by Crippen LogP contribution is 2.28. The highest BCUT2D eigenvalue weighted by Gasteiger charge is 2.24. The van der Waals surface area contributed by atoms with Gasteiger partial charge in [0.05, 0.1) is 27.4 Å². The zero-order chi connectivity index (χ0) is 20.6. The zero-order valence-corrected chi connectivity index (χ0v) is 16.6. The maximum atomic E-state index is 12.2. The van der Waals surface area contributed by atoms with Gasteiger partial charge in [-0.1, -0.05) is 0 Å². The molecule has 0 saturated carbocycles. The second kappa shape index (κ2) is 9.80. The van der Waals surface area contributed by atoms with Gasteiger partial charge in [-0.3, -0.25) is 9.59 Å². The topological polar surface area (TPSA) is 100 Å². The Morgan fingerprint density at radius 3 is 2.00 bits per heavy atom. The molecule has 0 aliphatic rings. The van der Waals surface area contributed by atoms with Crippen molar-refractivity contribution in [2.45, 2.75) is 45.3 Å². The number of methoxy groups -OCH3 is 3. The average Bonchev–Trinajstić information content (AvgIpc) is 2.58. The fraction of sp³-hybridized carbons (Fsp3) is 0.526. The predicted molar refractivity (Wildman–Crippen MR) is 97.9 cm³/mol. The van der Waals surface area contributed by atoms with Gasteiger partial charge in [0.15, 0.2) is 0 Å². The second-order valence-corrected chi connectivity index (χ2v) is 6.84. The smallest absolute Gasteiger partial charge is 0.408 e. The number of carbonyl (C=O) groups excluding carboxylic acids is 3. The van der Waals surface area contributed by atoms with E-state index in [1.165, 1.54) is 21.3 Å². The molecule has 1 aromatic rings. The predicted octanol–water partition coefficient (Wildman–Crippen LogP) is 2.79. The molecule has 0 heterocycles. The minimum absolute atomic E-state index is 0.120. The highest BCUT2D eigenvalue weighted by molar-refractivity contribution is 5.96. The third-order valence-corrected chi connectivity index (χ3v) is 3.47. The molecule has 0 aliphatic carbocycles. The van der Waals surface area contributed by atoms with Gasteiger partial charge in [-0.15, -0.1) is 0 Å². The average molecular weight is 381 g/mol. The van der Waals surface area contributed by atoms with E-state index < -0.39 is 23.7 Å². The van der Waals surface area contributed by atoms with Crippen molar-refractivity contribution < 1.29 is 33.3 Å². The fourth-order valence-corrected chi connectivity index (χ4v) is 2.27. The van der Waals surface area contributed by atoms with Crippen molar-refractivity contribution in [1.29, 1.82) is 0 Å². The summed E-state index contributed by atoms with van der Waals surface area (Å²) in [6, 6.07) is 4.29. The molecule has 0 spiro atoms. The van der Waals surface area contributed by atoms with Crippen LogP contribution in [0.15, 0.2) is 18.2 Å². The van der Waals surface area contributed by atoms with Gasteiger partial charge in [-0.2, -0.15) is 0 Å². The van der Waals surface area contributed by atoms with E-state index in [1.807, 2.05) is 0 Å². The number of ketones is 1. The van der Waals surface area contributed by atoms with E-state index >= 15 is 0 Å². The minimum Gasteiger partial charge on any atom is -0.497 e. The summed E-state index contributed by atoms with van der Waals surface area (Å²) < 4.78 is 20.3. The first-order valence-electron chi connectivity index (χ1n) is 8.39. The molecule has 1 aromatic carbocycles. The number of amides is 1. The van der Waals surface area contributed by atoms with Crippen molar-refractivity contribution in [3.63, 3.8) is 0 Å². The monoisotopic (exact) mass is 381 g/mol. The Morgan fingerprint density at radius 2 is 1.56 bits per heavy atom. The molecule has 0 radical (unpaired) electrons. The highest BCUT2D eigenvalue weighted by atomic mass is 16.6. The summed E-state index contributed by atoms with van der Waals surface area (Å²) >= 11 is 0. The van der Waals surface area contributed by atoms with Crippen LogP contribution in [-0.4, -0.2) is 44.8 Å². The number of hydrogen-bond acceptors (Lipinski definition) is 7. The van der Waals surface area contributed by atoms with Crippen molar-refractivity contribution in [2.75, 3.05) is 21.3 Å². The van der Waals surface area contributed by atoms with Crippen molar-refractivity contribution in [3.05, 3.63) is 23.8 Å². The Kier molecular flexibility index (Phi) is 8.08. The van der Waals surface area contributed by atoms with E-state index in [0.29, 0.717) is 17.1 Å².